The monoisotopic (exact) mass is 241 g/mol. The lowest BCUT2D eigenvalue weighted by atomic mass is 9.91. The molecule has 2 fully saturated rings. The van der Waals surface area contributed by atoms with Gasteiger partial charge in [0, 0.05) is 19.0 Å². The van der Waals surface area contributed by atoms with Gasteiger partial charge in [0.15, 0.2) is 0 Å². The van der Waals surface area contributed by atoms with Crippen molar-refractivity contribution >= 4 is 6.09 Å². The Balaban J connectivity index is 1.91. The molecule has 1 amide bonds. The van der Waals surface area contributed by atoms with Crippen molar-refractivity contribution in [1.29, 1.82) is 0 Å². The second-order valence-corrected chi connectivity index (χ2v) is 6.37. The predicted octanol–water partition coefficient (Wildman–Crippen LogP) is 2.16. The molecule has 17 heavy (non-hydrogen) atoms. The Bertz CT molecular complexity index is 304. The van der Waals surface area contributed by atoms with Crippen LogP contribution in [0.3, 0.4) is 0 Å². The highest BCUT2D eigenvalue weighted by Crippen LogP contribution is 2.45. The van der Waals surface area contributed by atoms with E-state index in [0.717, 1.165) is 32.2 Å². The number of amides is 1. The Kier molecular flexibility index (Phi) is 3.10. The normalized spacial score (nSPS) is 27.8. The number of rotatable bonds is 1. The van der Waals surface area contributed by atoms with Gasteiger partial charge >= 0.3 is 6.09 Å². The maximum Gasteiger partial charge on any atom is 0.410 e. The quantitative estimate of drug-likeness (QED) is 0.765. The van der Waals surface area contributed by atoms with Gasteiger partial charge in [-0.3, -0.25) is 0 Å². The SMILES string of the molecule is CC(C)(C)OC(=O)N1CCC[C@@H](C2(O)CC2)C1. The summed E-state index contributed by atoms with van der Waals surface area (Å²) in [5.74, 6) is 0.240. The highest BCUT2D eigenvalue weighted by molar-refractivity contribution is 5.68. The largest absolute Gasteiger partial charge is 0.444 e. The van der Waals surface area contributed by atoms with E-state index in [1.807, 2.05) is 20.8 Å². The number of carbonyl (C=O) groups excluding carboxylic acids is 1. The summed E-state index contributed by atoms with van der Waals surface area (Å²) in [5.41, 5.74) is -0.929. The lowest BCUT2D eigenvalue weighted by Gasteiger charge is -2.36. The highest BCUT2D eigenvalue weighted by Gasteiger charge is 2.49. The van der Waals surface area contributed by atoms with Gasteiger partial charge in [0.25, 0.3) is 0 Å². The first-order valence-electron chi connectivity index (χ1n) is 6.50. The van der Waals surface area contributed by atoms with Crippen LogP contribution in [0.1, 0.15) is 46.5 Å². The molecule has 0 unspecified atom stereocenters. The second kappa shape index (κ2) is 4.16. The van der Waals surface area contributed by atoms with E-state index in [0.29, 0.717) is 6.54 Å². The van der Waals surface area contributed by atoms with E-state index < -0.39 is 11.2 Å². The third-order valence-corrected chi connectivity index (χ3v) is 3.60. The van der Waals surface area contributed by atoms with Crippen molar-refractivity contribution in [3.8, 4) is 0 Å². The smallest absolute Gasteiger partial charge is 0.410 e. The van der Waals surface area contributed by atoms with Crippen LogP contribution in [0, 0.1) is 5.92 Å². The standard InChI is InChI=1S/C13H23NO3/c1-12(2,3)17-11(15)14-8-4-5-10(9-14)13(16)6-7-13/h10,16H,4-9H2,1-3H3/t10-/m1/s1. The molecular formula is C13H23NO3. The molecule has 1 heterocycles. The summed E-state index contributed by atoms with van der Waals surface area (Å²) >= 11 is 0. The fourth-order valence-corrected chi connectivity index (χ4v) is 2.44. The minimum Gasteiger partial charge on any atom is -0.444 e. The van der Waals surface area contributed by atoms with Gasteiger partial charge in [0.05, 0.1) is 5.60 Å². The van der Waals surface area contributed by atoms with Crippen molar-refractivity contribution in [3.63, 3.8) is 0 Å². The Morgan fingerprint density at radius 3 is 2.59 bits per heavy atom. The van der Waals surface area contributed by atoms with Crippen LogP contribution in [0.15, 0.2) is 0 Å². The van der Waals surface area contributed by atoms with E-state index in [2.05, 4.69) is 0 Å². The molecule has 4 heteroatoms. The molecule has 98 valence electrons. The lowest BCUT2D eigenvalue weighted by molar-refractivity contribution is -0.00300. The summed E-state index contributed by atoms with van der Waals surface area (Å²) in [6.07, 6.45) is 3.52. The lowest BCUT2D eigenvalue weighted by Crippen LogP contribution is -2.46. The van der Waals surface area contributed by atoms with Crippen molar-refractivity contribution in [2.24, 2.45) is 5.92 Å². The maximum absolute atomic E-state index is 11.9. The van der Waals surface area contributed by atoms with Crippen LogP contribution < -0.4 is 0 Å². The number of hydrogen-bond donors (Lipinski definition) is 1. The molecule has 1 saturated heterocycles. The van der Waals surface area contributed by atoms with Gasteiger partial charge in [-0.2, -0.15) is 0 Å². The number of likely N-dealkylation sites (tertiary alicyclic amines) is 1. The molecule has 0 radical (unpaired) electrons. The third kappa shape index (κ3) is 3.12. The minimum atomic E-state index is -0.485. The van der Waals surface area contributed by atoms with Crippen LogP contribution in [-0.2, 0) is 4.74 Å². The van der Waals surface area contributed by atoms with Gasteiger partial charge in [-0.05, 0) is 46.5 Å². The van der Waals surface area contributed by atoms with E-state index in [9.17, 15) is 9.90 Å². The average Bonchev–Trinajstić information content (AvgIpc) is 2.96. The fourth-order valence-electron chi connectivity index (χ4n) is 2.44. The van der Waals surface area contributed by atoms with Crippen molar-refractivity contribution in [2.75, 3.05) is 13.1 Å². The van der Waals surface area contributed by atoms with Crippen LogP contribution in [0.2, 0.25) is 0 Å². The van der Waals surface area contributed by atoms with Crippen molar-refractivity contribution < 1.29 is 14.6 Å². The number of hydrogen-bond acceptors (Lipinski definition) is 3. The number of carbonyl (C=O) groups is 1. The number of piperidine rings is 1. The summed E-state index contributed by atoms with van der Waals surface area (Å²) in [5, 5.41) is 10.1. The summed E-state index contributed by atoms with van der Waals surface area (Å²) in [4.78, 5) is 13.7. The van der Waals surface area contributed by atoms with Crippen LogP contribution in [0.4, 0.5) is 4.79 Å². The van der Waals surface area contributed by atoms with Gasteiger partial charge < -0.3 is 14.7 Å². The van der Waals surface area contributed by atoms with Crippen LogP contribution in [0.25, 0.3) is 0 Å². The first-order valence-corrected chi connectivity index (χ1v) is 6.50. The van der Waals surface area contributed by atoms with Crippen LogP contribution >= 0.6 is 0 Å². The van der Waals surface area contributed by atoms with E-state index in [4.69, 9.17) is 4.74 Å². The first-order chi connectivity index (χ1) is 7.80. The van der Waals surface area contributed by atoms with Crippen molar-refractivity contribution in [3.05, 3.63) is 0 Å². The zero-order valence-electron chi connectivity index (χ0n) is 11.0. The van der Waals surface area contributed by atoms with E-state index in [1.54, 1.807) is 4.90 Å². The molecule has 2 aliphatic rings. The molecule has 1 aliphatic carbocycles. The van der Waals surface area contributed by atoms with E-state index in [-0.39, 0.29) is 12.0 Å². The first kappa shape index (κ1) is 12.7. The summed E-state index contributed by atoms with van der Waals surface area (Å²) < 4.78 is 5.36. The number of ether oxygens (including phenoxy) is 1. The molecule has 1 saturated carbocycles. The summed E-state index contributed by atoms with van der Waals surface area (Å²) in [7, 11) is 0. The van der Waals surface area contributed by atoms with Gasteiger partial charge in [0.2, 0.25) is 0 Å². The molecule has 2 rings (SSSR count). The number of aliphatic hydroxyl groups is 1. The fraction of sp³-hybridized carbons (Fsp3) is 0.923. The molecule has 0 aromatic rings. The maximum atomic E-state index is 11.9. The van der Waals surface area contributed by atoms with Crippen LogP contribution in [0.5, 0.6) is 0 Å². The zero-order chi connectivity index (χ0) is 12.7. The zero-order valence-corrected chi connectivity index (χ0v) is 11.0. The third-order valence-electron chi connectivity index (χ3n) is 3.60. The van der Waals surface area contributed by atoms with Gasteiger partial charge in [-0.25, -0.2) is 4.79 Å². The predicted molar refractivity (Wildman–Crippen MR) is 64.7 cm³/mol. The Labute approximate surface area is 103 Å². The van der Waals surface area contributed by atoms with Crippen molar-refractivity contribution in [2.45, 2.75) is 57.7 Å². The summed E-state index contributed by atoms with van der Waals surface area (Å²) in [6.45, 7) is 7.02. The van der Waals surface area contributed by atoms with Crippen molar-refractivity contribution in [1.82, 2.24) is 4.90 Å². The Morgan fingerprint density at radius 2 is 2.06 bits per heavy atom. The molecule has 1 atom stereocenters. The molecule has 0 aromatic heterocycles. The van der Waals surface area contributed by atoms with E-state index in [1.165, 1.54) is 0 Å². The number of nitrogens with zero attached hydrogens (tertiary/aromatic N) is 1. The molecule has 0 aromatic carbocycles. The van der Waals surface area contributed by atoms with E-state index >= 15 is 0 Å². The Hall–Kier alpha value is -0.770. The van der Waals surface area contributed by atoms with Gasteiger partial charge in [-0.15, -0.1) is 0 Å². The molecule has 4 nitrogen and oxygen atoms in total. The molecule has 1 N–H and O–H groups in total. The van der Waals surface area contributed by atoms with Crippen LogP contribution in [-0.4, -0.2) is 40.4 Å². The molecule has 0 bridgehead atoms. The molecule has 1 aliphatic heterocycles. The van der Waals surface area contributed by atoms with Gasteiger partial charge in [0.1, 0.15) is 5.60 Å². The minimum absolute atomic E-state index is 0.240. The summed E-state index contributed by atoms with van der Waals surface area (Å²) in [6, 6.07) is 0. The molecule has 0 spiro atoms. The Morgan fingerprint density at radius 1 is 1.41 bits per heavy atom. The average molecular weight is 241 g/mol. The highest BCUT2D eigenvalue weighted by atomic mass is 16.6. The second-order valence-electron chi connectivity index (χ2n) is 6.37. The van der Waals surface area contributed by atoms with Gasteiger partial charge in [-0.1, -0.05) is 0 Å². The molecular weight excluding hydrogens is 218 g/mol. The topological polar surface area (TPSA) is 49.8 Å².